The van der Waals surface area contributed by atoms with Crippen LogP contribution in [-0.4, -0.2) is 46.7 Å². The maximum absolute atomic E-state index is 12.8. The summed E-state index contributed by atoms with van der Waals surface area (Å²) >= 11 is 1.28. The van der Waals surface area contributed by atoms with Crippen molar-refractivity contribution in [3.05, 3.63) is 90.0 Å². The van der Waals surface area contributed by atoms with Crippen LogP contribution < -0.4 is 14.8 Å². The van der Waals surface area contributed by atoms with Crippen molar-refractivity contribution in [2.24, 2.45) is 10.1 Å². The Bertz CT molecular complexity index is 1360. The topological polar surface area (TPSA) is 92.6 Å². The third-order valence-electron chi connectivity index (χ3n) is 6.26. The number of rotatable bonds is 8. The van der Waals surface area contributed by atoms with E-state index >= 15 is 0 Å². The highest BCUT2D eigenvalue weighted by molar-refractivity contribution is 8.15. The van der Waals surface area contributed by atoms with Crippen LogP contribution in [0.15, 0.2) is 89.0 Å². The molecule has 0 spiro atoms. The maximum Gasteiger partial charge on any atom is 0.262 e. The van der Waals surface area contributed by atoms with Crippen LogP contribution in [0.4, 0.5) is 5.69 Å². The van der Waals surface area contributed by atoms with Gasteiger partial charge in [0.2, 0.25) is 5.91 Å². The van der Waals surface area contributed by atoms with Crippen molar-refractivity contribution >= 4 is 40.1 Å². The van der Waals surface area contributed by atoms with E-state index in [0.29, 0.717) is 23.9 Å². The predicted octanol–water partition coefficient (Wildman–Crippen LogP) is 5.27. The number of benzene rings is 3. The summed E-state index contributed by atoms with van der Waals surface area (Å²) in [5.74, 6) is 0.920. The monoisotopic (exact) mass is 528 g/mol. The molecular weight excluding hydrogens is 500 g/mol. The molecule has 2 atom stereocenters. The molecule has 3 aromatic carbocycles. The number of hydrazone groups is 1. The van der Waals surface area contributed by atoms with Gasteiger partial charge in [0.1, 0.15) is 16.7 Å². The molecule has 0 fully saturated rings. The number of thioether (sulfide) groups is 1. The molecule has 1 N–H and O–H groups in total. The molecule has 2 amide bonds. The summed E-state index contributed by atoms with van der Waals surface area (Å²) in [7, 11) is 1.63. The summed E-state index contributed by atoms with van der Waals surface area (Å²) in [6, 6.07) is 24.8. The summed E-state index contributed by atoms with van der Waals surface area (Å²) < 4.78 is 10.8. The van der Waals surface area contributed by atoms with E-state index in [0.717, 1.165) is 28.3 Å². The number of hydrogen-bond acceptors (Lipinski definition) is 7. The largest absolute Gasteiger partial charge is 0.497 e. The van der Waals surface area contributed by atoms with Crippen LogP contribution in [0.2, 0.25) is 0 Å². The van der Waals surface area contributed by atoms with Crippen LogP contribution in [-0.2, 0) is 9.59 Å². The van der Waals surface area contributed by atoms with Crippen molar-refractivity contribution in [2.45, 2.75) is 31.1 Å². The lowest BCUT2D eigenvalue weighted by Crippen LogP contribution is -2.25. The summed E-state index contributed by atoms with van der Waals surface area (Å²) in [5.41, 5.74) is 3.62. The average molecular weight is 529 g/mol. The Morgan fingerprint density at radius 2 is 1.74 bits per heavy atom. The van der Waals surface area contributed by atoms with Gasteiger partial charge in [-0.25, -0.2) is 5.01 Å². The van der Waals surface area contributed by atoms with Gasteiger partial charge in [0.15, 0.2) is 5.17 Å². The number of carbonyl (C=O) groups is 2. The molecule has 0 bridgehead atoms. The molecule has 5 rings (SSSR count). The zero-order chi connectivity index (χ0) is 26.5. The van der Waals surface area contributed by atoms with E-state index in [9.17, 15) is 9.59 Å². The number of amidine groups is 1. The van der Waals surface area contributed by atoms with Gasteiger partial charge in [-0.05, 0) is 54.4 Å². The molecule has 2 aliphatic heterocycles. The fourth-order valence-electron chi connectivity index (χ4n) is 4.36. The SMILES string of the molecule is CCOc1ccc(NC(=O)C[C@@H]2SC(N3N=C(c4ccccc4)C[C@H]3c3ccc(OC)cc3)=NC2=O)cc1. The summed E-state index contributed by atoms with van der Waals surface area (Å²) in [4.78, 5) is 29.9. The quantitative estimate of drug-likeness (QED) is 0.428. The molecular formula is C29H28N4O4S. The molecule has 0 unspecified atom stereocenters. The fraction of sp³-hybridized carbons (Fsp3) is 0.241. The summed E-state index contributed by atoms with van der Waals surface area (Å²) in [6.07, 6.45) is 0.674. The molecule has 0 saturated heterocycles. The first-order valence-electron chi connectivity index (χ1n) is 12.4. The number of nitrogens with one attached hydrogen (secondary N) is 1. The number of carbonyl (C=O) groups excluding carboxylic acids is 2. The molecule has 2 aliphatic rings. The smallest absolute Gasteiger partial charge is 0.262 e. The molecule has 2 heterocycles. The van der Waals surface area contributed by atoms with Crippen molar-refractivity contribution in [3.8, 4) is 11.5 Å². The van der Waals surface area contributed by atoms with Gasteiger partial charge in [0, 0.05) is 18.5 Å². The lowest BCUT2D eigenvalue weighted by atomic mass is 9.98. The van der Waals surface area contributed by atoms with E-state index in [-0.39, 0.29) is 24.3 Å². The first-order valence-corrected chi connectivity index (χ1v) is 13.3. The molecule has 38 heavy (non-hydrogen) atoms. The van der Waals surface area contributed by atoms with Crippen molar-refractivity contribution in [1.29, 1.82) is 0 Å². The number of aliphatic imine (C=N–C) groups is 1. The van der Waals surface area contributed by atoms with Crippen LogP contribution in [0.25, 0.3) is 0 Å². The third-order valence-corrected chi connectivity index (χ3v) is 7.40. The molecule has 3 aromatic rings. The number of hydrogen-bond donors (Lipinski definition) is 1. The Hall–Kier alpha value is -4.11. The number of ether oxygens (including phenoxy) is 2. The zero-order valence-corrected chi connectivity index (χ0v) is 22.0. The van der Waals surface area contributed by atoms with E-state index in [2.05, 4.69) is 10.3 Å². The van der Waals surface area contributed by atoms with E-state index in [1.165, 1.54) is 11.8 Å². The first-order chi connectivity index (χ1) is 18.5. The highest BCUT2D eigenvalue weighted by Crippen LogP contribution is 2.39. The van der Waals surface area contributed by atoms with Gasteiger partial charge >= 0.3 is 0 Å². The number of nitrogens with zero attached hydrogens (tertiary/aromatic N) is 3. The van der Waals surface area contributed by atoms with Gasteiger partial charge in [-0.15, -0.1) is 0 Å². The minimum absolute atomic E-state index is 0.0139. The minimum atomic E-state index is -0.611. The average Bonchev–Trinajstić information content (AvgIpc) is 3.54. The second-order valence-electron chi connectivity index (χ2n) is 8.80. The molecule has 8 nitrogen and oxygen atoms in total. The van der Waals surface area contributed by atoms with Crippen LogP contribution in [0.1, 0.15) is 36.9 Å². The highest BCUT2D eigenvalue weighted by atomic mass is 32.2. The molecule has 0 radical (unpaired) electrons. The Morgan fingerprint density at radius 3 is 2.42 bits per heavy atom. The van der Waals surface area contributed by atoms with Gasteiger partial charge in [0.05, 0.1) is 25.5 Å². The van der Waals surface area contributed by atoms with Gasteiger partial charge in [-0.1, -0.05) is 54.2 Å². The predicted molar refractivity (Wildman–Crippen MR) is 150 cm³/mol. The second kappa shape index (κ2) is 11.5. The molecule has 0 aromatic heterocycles. The maximum atomic E-state index is 12.8. The van der Waals surface area contributed by atoms with Crippen molar-refractivity contribution < 1.29 is 19.1 Å². The Morgan fingerprint density at radius 1 is 1.03 bits per heavy atom. The van der Waals surface area contributed by atoms with E-state index < -0.39 is 5.25 Å². The lowest BCUT2D eigenvalue weighted by Gasteiger charge is -2.23. The third kappa shape index (κ3) is 5.73. The lowest BCUT2D eigenvalue weighted by molar-refractivity contribution is -0.121. The minimum Gasteiger partial charge on any atom is -0.497 e. The number of amides is 2. The Balaban J connectivity index is 1.30. The van der Waals surface area contributed by atoms with Crippen LogP contribution in [0.5, 0.6) is 11.5 Å². The van der Waals surface area contributed by atoms with E-state index in [1.54, 1.807) is 31.4 Å². The van der Waals surface area contributed by atoms with Crippen molar-refractivity contribution in [1.82, 2.24) is 5.01 Å². The molecule has 0 aliphatic carbocycles. The number of methoxy groups -OCH3 is 1. The van der Waals surface area contributed by atoms with Gasteiger partial charge in [-0.2, -0.15) is 10.1 Å². The molecule has 0 saturated carbocycles. The van der Waals surface area contributed by atoms with Crippen molar-refractivity contribution in [2.75, 3.05) is 19.0 Å². The second-order valence-corrected chi connectivity index (χ2v) is 9.97. The molecule has 9 heteroatoms. The van der Waals surface area contributed by atoms with Crippen LogP contribution in [0.3, 0.4) is 0 Å². The summed E-state index contributed by atoms with van der Waals surface area (Å²) in [5, 5.41) is 9.44. The highest BCUT2D eigenvalue weighted by Gasteiger charge is 2.39. The van der Waals surface area contributed by atoms with Gasteiger partial charge < -0.3 is 14.8 Å². The molecule has 194 valence electrons. The summed E-state index contributed by atoms with van der Waals surface area (Å²) in [6.45, 7) is 2.49. The fourth-order valence-corrected chi connectivity index (χ4v) is 5.42. The van der Waals surface area contributed by atoms with Crippen LogP contribution in [0, 0.1) is 0 Å². The first kappa shape index (κ1) is 25.5. The standard InChI is InChI=1S/C29H28N4O4S/c1-3-37-23-15-11-21(12-16-23)30-27(34)18-26-28(35)31-29(38-26)33-25(20-9-13-22(36-2)14-10-20)17-24(32-33)19-7-5-4-6-8-19/h4-16,25-26H,3,17-18H2,1-2H3,(H,30,34)/t25-,26-/m0/s1. The van der Waals surface area contributed by atoms with E-state index in [4.69, 9.17) is 14.6 Å². The zero-order valence-electron chi connectivity index (χ0n) is 21.2. The number of anilines is 1. The Labute approximate surface area is 225 Å². The Kier molecular flexibility index (Phi) is 7.74. The van der Waals surface area contributed by atoms with Crippen LogP contribution >= 0.6 is 11.8 Å². The normalized spacial score (nSPS) is 18.7. The van der Waals surface area contributed by atoms with Crippen molar-refractivity contribution in [3.63, 3.8) is 0 Å². The van der Waals surface area contributed by atoms with E-state index in [1.807, 2.05) is 66.5 Å². The van der Waals surface area contributed by atoms with Gasteiger partial charge in [-0.3, -0.25) is 9.59 Å². The van der Waals surface area contributed by atoms with Gasteiger partial charge in [0.25, 0.3) is 5.91 Å².